The normalized spacial score (nSPS) is 33.4. The zero-order chi connectivity index (χ0) is 28.1. The molecule has 0 saturated carbocycles. The number of nitrogens with zero attached hydrogens (tertiary/aromatic N) is 3. The summed E-state index contributed by atoms with van der Waals surface area (Å²) in [5.41, 5.74) is -0.366. The molecule has 2 saturated heterocycles. The molecule has 0 radical (unpaired) electrons. The molecule has 4 aliphatic heterocycles. The van der Waals surface area contributed by atoms with Crippen LogP contribution in [0.4, 0.5) is 0 Å². The number of amides is 3. The highest BCUT2D eigenvalue weighted by atomic mass is 32.2. The molecule has 38 heavy (non-hydrogen) atoms. The predicted molar refractivity (Wildman–Crippen MR) is 153 cm³/mol. The van der Waals surface area contributed by atoms with Crippen LogP contribution in [0.25, 0.3) is 0 Å². The number of aliphatic hydroxyl groups is 1. The van der Waals surface area contributed by atoms with Crippen molar-refractivity contribution in [1.29, 1.82) is 0 Å². The molecule has 7 nitrogen and oxygen atoms in total. The van der Waals surface area contributed by atoms with E-state index in [1.807, 2.05) is 15.9 Å². The molecule has 4 aliphatic rings. The van der Waals surface area contributed by atoms with Gasteiger partial charge in [-0.1, -0.05) is 57.9 Å². The van der Waals surface area contributed by atoms with Crippen molar-refractivity contribution in [3.05, 3.63) is 24.3 Å². The summed E-state index contributed by atoms with van der Waals surface area (Å²) in [6.07, 6.45) is 12.4. The van der Waals surface area contributed by atoms with E-state index in [1.54, 1.807) is 23.7 Å². The van der Waals surface area contributed by atoms with Gasteiger partial charge in [0.05, 0.1) is 16.6 Å². The van der Waals surface area contributed by atoms with Crippen LogP contribution in [0.2, 0.25) is 0 Å². The number of carbonyl (C=O) groups is 3. The molecular weight excluding hydrogens is 498 g/mol. The van der Waals surface area contributed by atoms with E-state index < -0.39 is 32.9 Å². The molecule has 0 aromatic heterocycles. The summed E-state index contributed by atoms with van der Waals surface area (Å²) in [6.45, 7) is 14.6. The minimum Gasteiger partial charge on any atom is -0.396 e. The second kappa shape index (κ2) is 10.3. The molecule has 4 rings (SSSR count). The van der Waals surface area contributed by atoms with E-state index in [9.17, 15) is 19.5 Å². The van der Waals surface area contributed by atoms with E-state index in [0.717, 1.165) is 32.1 Å². The van der Waals surface area contributed by atoms with Gasteiger partial charge in [0.15, 0.2) is 0 Å². The fourth-order valence-corrected chi connectivity index (χ4v) is 9.73. The molecule has 5 atom stereocenters. The Balaban J connectivity index is 1.77. The first kappa shape index (κ1) is 29.2. The fourth-order valence-electron chi connectivity index (χ4n) is 7.57. The van der Waals surface area contributed by atoms with Gasteiger partial charge in [-0.25, -0.2) is 0 Å². The minimum atomic E-state index is -0.788. The third kappa shape index (κ3) is 4.96. The van der Waals surface area contributed by atoms with E-state index in [2.05, 4.69) is 59.8 Å². The summed E-state index contributed by atoms with van der Waals surface area (Å²) in [5.74, 6) is -1.18. The fraction of sp³-hybridized carbons (Fsp3) is 0.767. The van der Waals surface area contributed by atoms with Crippen LogP contribution in [-0.4, -0.2) is 91.9 Å². The van der Waals surface area contributed by atoms with Crippen LogP contribution >= 0.6 is 11.8 Å². The maximum absolute atomic E-state index is 14.6. The maximum atomic E-state index is 14.6. The van der Waals surface area contributed by atoms with Crippen LogP contribution in [-0.2, 0) is 14.4 Å². The molecule has 1 spiro atoms. The van der Waals surface area contributed by atoms with Crippen molar-refractivity contribution < 1.29 is 19.5 Å². The zero-order valence-corrected chi connectivity index (χ0v) is 25.1. The minimum absolute atomic E-state index is 0.00667. The van der Waals surface area contributed by atoms with Gasteiger partial charge in [0.1, 0.15) is 6.04 Å². The number of aliphatic hydroxyl groups excluding tert-OH is 1. The highest BCUT2D eigenvalue weighted by molar-refractivity contribution is 8.02. The topological polar surface area (TPSA) is 81.2 Å². The first-order valence-corrected chi connectivity index (χ1v) is 15.0. The molecule has 3 amide bonds. The van der Waals surface area contributed by atoms with Gasteiger partial charge < -0.3 is 19.8 Å². The van der Waals surface area contributed by atoms with Gasteiger partial charge in [-0.05, 0) is 45.4 Å². The van der Waals surface area contributed by atoms with Gasteiger partial charge >= 0.3 is 0 Å². The van der Waals surface area contributed by atoms with Gasteiger partial charge in [-0.3, -0.25) is 14.4 Å². The maximum Gasteiger partial charge on any atom is 0.247 e. The number of carbonyl (C=O) groups excluding carboxylic acids is 3. The van der Waals surface area contributed by atoms with Gasteiger partial charge in [0, 0.05) is 43.6 Å². The smallest absolute Gasteiger partial charge is 0.247 e. The zero-order valence-electron chi connectivity index (χ0n) is 24.3. The summed E-state index contributed by atoms with van der Waals surface area (Å²) in [4.78, 5) is 48.2. The van der Waals surface area contributed by atoms with Crippen molar-refractivity contribution in [3.63, 3.8) is 0 Å². The van der Waals surface area contributed by atoms with Crippen molar-refractivity contribution in [2.24, 2.45) is 17.3 Å². The third-order valence-electron chi connectivity index (χ3n) is 8.76. The molecule has 1 N–H and O–H groups in total. The van der Waals surface area contributed by atoms with Crippen molar-refractivity contribution in [2.75, 3.05) is 33.3 Å². The predicted octanol–water partition coefficient (Wildman–Crippen LogP) is 3.87. The Morgan fingerprint density at radius 1 is 0.921 bits per heavy atom. The standard InChI is InChI=1S/C30H47N3O4S/c1-27(2,3)20-28(4,5)33-18-13-15-30-22(21-24(35)31(7)16-12-14-29(21,6)38-30)25(36)32(23(30)26(33)37)17-10-8-9-11-19-34/h12-15,21-23,34H,8-11,16-20H2,1-7H3/t21-,22+,23?,29+,30+/m1/s1. The lowest BCUT2D eigenvalue weighted by molar-refractivity contribution is -0.147. The van der Waals surface area contributed by atoms with Gasteiger partial charge in [-0.2, -0.15) is 0 Å². The molecule has 8 heteroatoms. The average molecular weight is 546 g/mol. The Kier molecular flexibility index (Phi) is 7.92. The van der Waals surface area contributed by atoms with Crippen LogP contribution < -0.4 is 0 Å². The number of thioether (sulfide) groups is 1. The summed E-state index contributed by atoms with van der Waals surface area (Å²) in [5, 5.41) is 9.17. The second-order valence-electron chi connectivity index (χ2n) is 13.7. The second-order valence-corrected chi connectivity index (χ2v) is 15.5. The van der Waals surface area contributed by atoms with Crippen LogP contribution in [0.1, 0.15) is 73.6 Å². The lowest BCUT2D eigenvalue weighted by Gasteiger charge is -2.44. The lowest BCUT2D eigenvalue weighted by Crippen LogP contribution is -2.58. The number of unbranched alkanes of at least 4 members (excludes halogenated alkanes) is 3. The lowest BCUT2D eigenvalue weighted by atomic mass is 9.74. The molecule has 0 bridgehead atoms. The van der Waals surface area contributed by atoms with Gasteiger partial charge in [-0.15, -0.1) is 11.8 Å². The summed E-state index contributed by atoms with van der Waals surface area (Å²) >= 11 is 1.65. The number of hydrogen-bond acceptors (Lipinski definition) is 5. The molecule has 2 fully saturated rings. The molecule has 1 unspecified atom stereocenters. The monoisotopic (exact) mass is 545 g/mol. The van der Waals surface area contributed by atoms with Crippen LogP contribution in [0.5, 0.6) is 0 Å². The van der Waals surface area contributed by atoms with Crippen LogP contribution in [0.3, 0.4) is 0 Å². The highest BCUT2D eigenvalue weighted by Gasteiger charge is 2.74. The SMILES string of the molecule is CN1CC=C[C@]2(C)S[C@]34C=CCN(C(C)(C)CC(C)(C)C)C(=O)C3N(CCCCCCO)C(=O)[C@@H]4[C@@H]2C1=O. The molecule has 0 aromatic carbocycles. The van der Waals surface area contributed by atoms with E-state index >= 15 is 0 Å². The molecule has 0 aliphatic carbocycles. The van der Waals surface area contributed by atoms with Crippen LogP contribution in [0.15, 0.2) is 24.3 Å². The summed E-state index contributed by atoms with van der Waals surface area (Å²) in [7, 11) is 1.80. The first-order chi connectivity index (χ1) is 17.7. The Labute approximate surface area is 233 Å². The van der Waals surface area contributed by atoms with E-state index in [1.165, 1.54) is 0 Å². The highest BCUT2D eigenvalue weighted by Crippen LogP contribution is 2.65. The number of likely N-dealkylation sites (N-methyl/N-ethyl adjacent to an activating group) is 1. The number of hydrogen-bond donors (Lipinski definition) is 1. The summed E-state index contributed by atoms with van der Waals surface area (Å²) in [6, 6.07) is -0.643. The van der Waals surface area contributed by atoms with E-state index in [-0.39, 0.29) is 29.7 Å². The molecule has 4 heterocycles. The van der Waals surface area contributed by atoms with Gasteiger partial charge in [0.2, 0.25) is 17.7 Å². The molecule has 212 valence electrons. The number of rotatable bonds is 8. The van der Waals surface area contributed by atoms with E-state index in [4.69, 9.17) is 0 Å². The van der Waals surface area contributed by atoms with Crippen molar-refractivity contribution in [3.8, 4) is 0 Å². The Morgan fingerprint density at radius 3 is 2.24 bits per heavy atom. The largest absolute Gasteiger partial charge is 0.396 e. The Bertz CT molecular complexity index is 1020. The number of likely N-dealkylation sites (tertiary alicyclic amines) is 1. The van der Waals surface area contributed by atoms with Crippen molar-refractivity contribution in [2.45, 2.75) is 94.7 Å². The first-order valence-electron chi connectivity index (χ1n) is 14.2. The Hall–Kier alpha value is -1.80. The summed E-state index contributed by atoms with van der Waals surface area (Å²) < 4.78 is -1.35. The average Bonchev–Trinajstić information content (AvgIpc) is 3.06. The third-order valence-corrected chi connectivity index (χ3v) is 10.6. The quantitative estimate of drug-likeness (QED) is 0.370. The van der Waals surface area contributed by atoms with Crippen molar-refractivity contribution >= 4 is 29.5 Å². The number of fused-ring (bicyclic) bond motifs is 2. The molecular formula is C30H47N3O4S. The van der Waals surface area contributed by atoms with Crippen molar-refractivity contribution in [1.82, 2.24) is 14.7 Å². The van der Waals surface area contributed by atoms with Gasteiger partial charge in [0.25, 0.3) is 0 Å². The van der Waals surface area contributed by atoms with E-state index in [0.29, 0.717) is 19.6 Å². The Morgan fingerprint density at radius 2 is 1.58 bits per heavy atom. The van der Waals surface area contributed by atoms with Crippen LogP contribution in [0, 0.1) is 17.3 Å². The molecule has 0 aromatic rings.